The van der Waals surface area contributed by atoms with Crippen molar-refractivity contribution >= 4 is 5.91 Å². The van der Waals surface area contributed by atoms with E-state index in [2.05, 4.69) is 4.98 Å². The molecule has 1 aromatic heterocycles. The number of halogens is 3. The first-order valence-corrected chi connectivity index (χ1v) is 6.74. The number of carbonyl (C=O) groups is 1. The van der Waals surface area contributed by atoms with Crippen LogP contribution in [0.4, 0.5) is 13.2 Å². The predicted molar refractivity (Wildman–Crippen MR) is 68.3 cm³/mol. The summed E-state index contributed by atoms with van der Waals surface area (Å²) >= 11 is 0. The summed E-state index contributed by atoms with van der Waals surface area (Å²) in [7, 11) is 0. The van der Waals surface area contributed by atoms with Gasteiger partial charge in [0.1, 0.15) is 5.69 Å². The number of aromatic nitrogens is 1. The summed E-state index contributed by atoms with van der Waals surface area (Å²) in [5.74, 6) is -0.217. The summed E-state index contributed by atoms with van der Waals surface area (Å²) in [5, 5.41) is 0. The molecule has 1 aliphatic heterocycles. The molecule has 0 radical (unpaired) electrons. The van der Waals surface area contributed by atoms with E-state index in [1.807, 2.05) is 0 Å². The zero-order valence-corrected chi connectivity index (χ0v) is 11.3. The largest absolute Gasteiger partial charge is 0.433 e. The zero-order chi connectivity index (χ0) is 14.8. The van der Waals surface area contributed by atoms with Gasteiger partial charge in [-0.2, -0.15) is 13.2 Å². The molecule has 110 valence electrons. The van der Waals surface area contributed by atoms with E-state index >= 15 is 0 Å². The summed E-state index contributed by atoms with van der Waals surface area (Å²) in [6.45, 7) is 2.78. The molecule has 1 aliphatic rings. The van der Waals surface area contributed by atoms with Gasteiger partial charge in [0, 0.05) is 13.1 Å². The van der Waals surface area contributed by atoms with Gasteiger partial charge >= 0.3 is 6.18 Å². The second-order valence-corrected chi connectivity index (χ2v) is 5.03. The minimum absolute atomic E-state index is 0.133. The molecule has 0 aromatic carbocycles. The highest BCUT2D eigenvalue weighted by molar-refractivity contribution is 5.95. The van der Waals surface area contributed by atoms with Crippen LogP contribution in [0, 0.1) is 6.92 Å². The molecule has 0 atom stereocenters. The number of pyridine rings is 1. The van der Waals surface area contributed by atoms with E-state index < -0.39 is 11.9 Å². The number of nitrogens with zero attached hydrogens (tertiary/aromatic N) is 2. The molecule has 2 heterocycles. The van der Waals surface area contributed by atoms with Crippen LogP contribution in [-0.2, 0) is 6.18 Å². The maximum atomic E-state index is 12.6. The van der Waals surface area contributed by atoms with E-state index in [0.717, 1.165) is 31.7 Å². The third-order valence-electron chi connectivity index (χ3n) is 3.50. The van der Waals surface area contributed by atoms with E-state index in [9.17, 15) is 18.0 Å². The molecule has 1 fully saturated rings. The summed E-state index contributed by atoms with van der Waals surface area (Å²) < 4.78 is 37.7. The highest BCUT2D eigenvalue weighted by Gasteiger charge is 2.33. The average Bonchev–Trinajstić information content (AvgIpc) is 2.65. The van der Waals surface area contributed by atoms with Gasteiger partial charge in [0.25, 0.3) is 5.91 Å². The van der Waals surface area contributed by atoms with Crippen molar-refractivity contribution in [2.75, 3.05) is 13.1 Å². The fourth-order valence-electron chi connectivity index (χ4n) is 2.39. The molecule has 6 heteroatoms. The monoisotopic (exact) mass is 286 g/mol. The summed E-state index contributed by atoms with van der Waals surface area (Å²) in [6, 6.07) is 2.11. The lowest BCUT2D eigenvalue weighted by Crippen LogP contribution is -2.32. The van der Waals surface area contributed by atoms with Crippen LogP contribution in [0.15, 0.2) is 12.1 Å². The van der Waals surface area contributed by atoms with Crippen LogP contribution in [-0.4, -0.2) is 28.9 Å². The standard InChI is InChI=1S/C14H17F3N2O/c1-10-11(6-7-12(18-10)14(15,16)17)13(20)19-8-4-2-3-5-9-19/h6-7H,2-5,8-9H2,1H3. The minimum Gasteiger partial charge on any atom is -0.339 e. The molecule has 0 bridgehead atoms. The molecular formula is C14H17F3N2O. The van der Waals surface area contributed by atoms with Gasteiger partial charge in [-0.25, -0.2) is 4.98 Å². The van der Waals surface area contributed by atoms with Crippen molar-refractivity contribution in [1.82, 2.24) is 9.88 Å². The van der Waals surface area contributed by atoms with Gasteiger partial charge in [-0.1, -0.05) is 12.8 Å². The van der Waals surface area contributed by atoms with Gasteiger partial charge in [-0.15, -0.1) is 0 Å². The van der Waals surface area contributed by atoms with Crippen molar-refractivity contribution in [1.29, 1.82) is 0 Å². The van der Waals surface area contributed by atoms with Crippen LogP contribution >= 0.6 is 0 Å². The number of alkyl halides is 3. The minimum atomic E-state index is -4.48. The Bertz CT molecular complexity index is 492. The van der Waals surface area contributed by atoms with Gasteiger partial charge in [0.2, 0.25) is 0 Å². The van der Waals surface area contributed by atoms with Crippen LogP contribution in [0.2, 0.25) is 0 Å². The third-order valence-corrected chi connectivity index (χ3v) is 3.50. The number of hydrogen-bond donors (Lipinski definition) is 0. The Morgan fingerprint density at radius 3 is 2.25 bits per heavy atom. The molecule has 1 aromatic rings. The molecule has 3 nitrogen and oxygen atoms in total. The van der Waals surface area contributed by atoms with Crippen molar-refractivity contribution in [3.63, 3.8) is 0 Å². The molecule has 0 N–H and O–H groups in total. The maximum absolute atomic E-state index is 12.6. The Hall–Kier alpha value is -1.59. The topological polar surface area (TPSA) is 33.2 Å². The summed E-state index contributed by atoms with van der Waals surface area (Å²) in [5.41, 5.74) is -0.559. The van der Waals surface area contributed by atoms with Gasteiger partial charge in [-0.3, -0.25) is 4.79 Å². The summed E-state index contributed by atoms with van der Waals surface area (Å²) in [6.07, 6.45) is -0.408. The Labute approximate surface area is 115 Å². The number of amides is 1. The van der Waals surface area contributed by atoms with Crippen molar-refractivity contribution < 1.29 is 18.0 Å². The number of aryl methyl sites for hydroxylation is 1. The van der Waals surface area contributed by atoms with E-state index in [1.54, 1.807) is 4.90 Å². The first kappa shape index (κ1) is 14.8. The molecule has 1 amide bonds. The molecular weight excluding hydrogens is 269 g/mol. The number of hydrogen-bond acceptors (Lipinski definition) is 2. The van der Waals surface area contributed by atoms with E-state index in [1.165, 1.54) is 13.0 Å². The lowest BCUT2D eigenvalue weighted by atomic mass is 10.1. The normalized spacial score (nSPS) is 16.9. The Morgan fingerprint density at radius 1 is 1.15 bits per heavy atom. The molecule has 2 rings (SSSR count). The van der Waals surface area contributed by atoms with E-state index in [4.69, 9.17) is 0 Å². The zero-order valence-electron chi connectivity index (χ0n) is 11.3. The lowest BCUT2D eigenvalue weighted by Gasteiger charge is -2.21. The second kappa shape index (κ2) is 5.81. The van der Waals surface area contributed by atoms with E-state index in [0.29, 0.717) is 13.1 Å². The number of likely N-dealkylation sites (tertiary alicyclic amines) is 1. The van der Waals surface area contributed by atoms with Gasteiger partial charge in [0.15, 0.2) is 0 Å². The fourth-order valence-corrected chi connectivity index (χ4v) is 2.39. The molecule has 0 aliphatic carbocycles. The van der Waals surface area contributed by atoms with Gasteiger partial charge in [-0.05, 0) is 31.9 Å². The third kappa shape index (κ3) is 3.29. The van der Waals surface area contributed by atoms with Crippen molar-refractivity contribution in [3.05, 3.63) is 29.1 Å². The van der Waals surface area contributed by atoms with Crippen LogP contribution < -0.4 is 0 Å². The van der Waals surface area contributed by atoms with Crippen LogP contribution in [0.3, 0.4) is 0 Å². The fraction of sp³-hybridized carbons (Fsp3) is 0.571. The second-order valence-electron chi connectivity index (χ2n) is 5.03. The van der Waals surface area contributed by atoms with Crippen molar-refractivity contribution in [2.24, 2.45) is 0 Å². The van der Waals surface area contributed by atoms with Gasteiger partial charge in [0.05, 0.1) is 11.3 Å². The summed E-state index contributed by atoms with van der Waals surface area (Å²) in [4.78, 5) is 17.6. The van der Waals surface area contributed by atoms with Crippen LogP contribution in [0.5, 0.6) is 0 Å². The van der Waals surface area contributed by atoms with Crippen molar-refractivity contribution in [3.8, 4) is 0 Å². The van der Waals surface area contributed by atoms with E-state index in [-0.39, 0.29) is 17.2 Å². The molecule has 0 unspecified atom stereocenters. The van der Waals surface area contributed by atoms with Crippen LogP contribution in [0.25, 0.3) is 0 Å². The Morgan fingerprint density at radius 2 is 1.75 bits per heavy atom. The highest BCUT2D eigenvalue weighted by atomic mass is 19.4. The van der Waals surface area contributed by atoms with Gasteiger partial charge < -0.3 is 4.90 Å². The van der Waals surface area contributed by atoms with Crippen LogP contribution in [0.1, 0.15) is 47.4 Å². The molecule has 0 saturated carbocycles. The SMILES string of the molecule is Cc1nc(C(F)(F)F)ccc1C(=O)N1CCCCCC1. The number of rotatable bonds is 1. The Balaban J connectivity index is 2.22. The molecule has 1 saturated heterocycles. The Kier molecular flexibility index (Phi) is 4.30. The highest BCUT2D eigenvalue weighted by Crippen LogP contribution is 2.28. The first-order valence-electron chi connectivity index (χ1n) is 6.74. The average molecular weight is 286 g/mol. The quantitative estimate of drug-likeness (QED) is 0.792. The lowest BCUT2D eigenvalue weighted by molar-refractivity contribution is -0.141. The molecule has 0 spiro atoms. The smallest absolute Gasteiger partial charge is 0.339 e. The predicted octanol–water partition coefficient (Wildman–Crippen LogP) is 3.43. The molecule has 20 heavy (non-hydrogen) atoms. The number of carbonyl (C=O) groups excluding carboxylic acids is 1. The van der Waals surface area contributed by atoms with Crippen molar-refractivity contribution in [2.45, 2.75) is 38.8 Å². The maximum Gasteiger partial charge on any atom is 0.433 e. The first-order chi connectivity index (χ1) is 9.39.